The second-order valence-electron chi connectivity index (χ2n) is 7.25. The zero-order valence-electron chi connectivity index (χ0n) is 18.0. The predicted octanol–water partition coefficient (Wildman–Crippen LogP) is 7.56. The molecule has 0 aliphatic carbocycles. The van der Waals surface area contributed by atoms with E-state index in [4.69, 9.17) is 34.8 Å². The van der Waals surface area contributed by atoms with E-state index in [1.54, 1.807) is 11.8 Å². The highest BCUT2D eigenvalue weighted by atomic mass is 35.5. The number of benzene rings is 3. The van der Waals surface area contributed by atoms with Gasteiger partial charge in [0.2, 0.25) is 5.91 Å². The van der Waals surface area contributed by atoms with E-state index in [0.717, 1.165) is 16.4 Å². The summed E-state index contributed by atoms with van der Waals surface area (Å²) in [5, 5.41) is 13.1. The molecular formula is C24H19Cl3N4OS2. The van der Waals surface area contributed by atoms with E-state index >= 15 is 0 Å². The van der Waals surface area contributed by atoms with Gasteiger partial charge in [-0.25, -0.2) is 0 Å². The molecule has 4 aromatic rings. The molecule has 0 fully saturated rings. The first-order chi connectivity index (χ1) is 16.4. The van der Waals surface area contributed by atoms with Crippen LogP contribution in [-0.4, -0.2) is 26.4 Å². The first-order valence-electron chi connectivity index (χ1n) is 10.2. The summed E-state index contributed by atoms with van der Waals surface area (Å²) >= 11 is 21.3. The number of hydrogen-bond acceptors (Lipinski definition) is 5. The largest absolute Gasteiger partial charge is 0.323 e. The molecule has 0 saturated carbocycles. The van der Waals surface area contributed by atoms with E-state index in [9.17, 15) is 4.79 Å². The Kier molecular flexibility index (Phi) is 8.45. The molecule has 0 atom stereocenters. The number of nitrogens with one attached hydrogen (secondary N) is 1. The van der Waals surface area contributed by atoms with Gasteiger partial charge in [-0.1, -0.05) is 82.5 Å². The van der Waals surface area contributed by atoms with Crippen LogP contribution in [-0.2, 0) is 10.5 Å². The minimum atomic E-state index is -0.269. The number of nitrogens with zero attached hydrogens (tertiary/aromatic N) is 3. The Morgan fingerprint density at radius 2 is 1.62 bits per heavy atom. The summed E-state index contributed by atoms with van der Waals surface area (Å²) in [6.07, 6.45) is 0. The third-order valence-corrected chi connectivity index (χ3v) is 7.46. The molecule has 1 amide bonds. The third kappa shape index (κ3) is 6.29. The van der Waals surface area contributed by atoms with Gasteiger partial charge < -0.3 is 5.32 Å². The molecule has 0 bridgehead atoms. The number of hydrogen-bond donors (Lipinski definition) is 1. The van der Waals surface area contributed by atoms with Crippen molar-refractivity contribution in [2.75, 3.05) is 11.1 Å². The van der Waals surface area contributed by atoms with Crippen LogP contribution in [0.1, 0.15) is 11.4 Å². The van der Waals surface area contributed by atoms with Crippen LogP contribution in [0.15, 0.2) is 76.8 Å². The van der Waals surface area contributed by atoms with Gasteiger partial charge in [-0.2, -0.15) is 0 Å². The fourth-order valence-electron chi connectivity index (χ4n) is 3.07. The summed E-state index contributed by atoms with van der Waals surface area (Å²) in [7, 11) is 0. The van der Waals surface area contributed by atoms with Gasteiger partial charge in [0, 0.05) is 15.6 Å². The van der Waals surface area contributed by atoms with Crippen LogP contribution in [0.2, 0.25) is 15.1 Å². The molecule has 0 saturated heterocycles. The lowest BCUT2D eigenvalue weighted by molar-refractivity contribution is -0.113. The molecule has 5 nitrogen and oxygen atoms in total. The molecule has 0 aliphatic heterocycles. The summed E-state index contributed by atoms with van der Waals surface area (Å²) in [6, 6.07) is 21.3. The van der Waals surface area contributed by atoms with Crippen LogP contribution >= 0.6 is 58.3 Å². The zero-order valence-corrected chi connectivity index (χ0v) is 21.9. The van der Waals surface area contributed by atoms with Crippen molar-refractivity contribution in [2.24, 2.45) is 0 Å². The van der Waals surface area contributed by atoms with Gasteiger partial charge in [0.15, 0.2) is 5.16 Å². The SMILES string of the molecule is Cc1ccc(SCc2nnc(SCC(=O)Nc3c(Cl)cc(Cl)cc3Cl)n2-c2ccccc2)cc1. The minimum absolute atomic E-state index is 0.103. The number of para-hydroxylation sites is 1. The van der Waals surface area contributed by atoms with E-state index in [2.05, 4.69) is 46.7 Å². The molecule has 1 N–H and O–H groups in total. The zero-order chi connectivity index (χ0) is 24.1. The minimum Gasteiger partial charge on any atom is -0.323 e. The van der Waals surface area contributed by atoms with Crippen LogP contribution in [0.5, 0.6) is 0 Å². The lowest BCUT2D eigenvalue weighted by Crippen LogP contribution is -2.15. The van der Waals surface area contributed by atoms with Crippen LogP contribution in [0.3, 0.4) is 0 Å². The quantitative estimate of drug-likeness (QED) is 0.230. The number of aromatic nitrogens is 3. The first kappa shape index (κ1) is 24.9. The third-order valence-electron chi connectivity index (χ3n) is 4.71. The van der Waals surface area contributed by atoms with E-state index < -0.39 is 0 Å². The highest BCUT2D eigenvalue weighted by Gasteiger charge is 2.17. The lowest BCUT2D eigenvalue weighted by Gasteiger charge is -2.11. The van der Waals surface area contributed by atoms with Gasteiger partial charge in [-0.15, -0.1) is 22.0 Å². The maximum atomic E-state index is 12.6. The fourth-order valence-corrected chi connectivity index (χ4v) is 5.57. The van der Waals surface area contributed by atoms with Crippen molar-refractivity contribution >= 4 is 69.9 Å². The van der Waals surface area contributed by atoms with Gasteiger partial charge in [0.1, 0.15) is 5.82 Å². The normalized spacial score (nSPS) is 10.9. The number of aryl methyl sites for hydroxylation is 1. The van der Waals surface area contributed by atoms with Crippen LogP contribution < -0.4 is 5.32 Å². The summed E-state index contributed by atoms with van der Waals surface area (Å²) < 4.78 is 1.97. The van der Waals surface area contributed by atoms with Gasteiger partial charge in [0.05, 0.1) is 27.2 Å². The monoisotopic (exact) mass is 548 g/mol. The van der Waals surface area contributed by atoms with Crippen LogP contribution in [0.4, 0.5) is 5.69 Å². The molecule has 174 valence electrons. The molecule has 4 rings (SSSR count). The van der Waals surface area contributed by atoms with Crippen molar-refractivity contribution in [3.05, 3.63) is 93.2 Å². The second kappa shape index (κ2) is 11.5. The molecule has 0 radical (unpaired) electrons. The van der Waals surface area contributed by atoms with Crippen molar-refractivity contribution in [3.63, 3.8) is 0 Å². The summed E-state index contributed by atoms with van der Waals surface area (Å²) in [5.74, 6) is 1.26. The average Bonchev–Trinajstić information content (AvgIpc) is 3.23. The van der Waals surface area contributed by atoms with Gasteiger partial charge in [-0.05, 0) is 43.3 Å². The molecule has 10 heteroatoms. The number of thioether (sulfide) groups is 2. The smallest absolute Gasteiger partial charge is 0.234 e. The predicted molar refractivity (Wildman–Crippen MR) is 143 cm³/mol. The van der Waals surface area contributed by atoms with Crippen molar-refractivity contribution < 1.29 is 4.79 Å². The van der Waals surface area contributed by atoms with Crippen molar-refractivity contribution in [2.45, 2.75) is 22.7 Å². The van der Waals surface area contributed by atoms with Crippen LogP contribution in [0, 0.1) is 6.92 Å². The van der Waals surface area contributed by atoms with Gasteiger partial charge in [0.25, 0.3) is 0 Å². The number of anilines is 1. The molecule has 3 aromatic carbocycles. The summed E-state index contributed by atoms with van der Waals surface area (Å²) in [5.41, 5.74) is 2.48. The maximum Gasteiger partial charge on any atom is 0.234 e. The van der Waals surface area contributed by atoms with Gasteiger partial charge >= 0.3 is 0 Å². The summed E-state index contributed by atoms with van der Waals surface area (Å²) in [4.78, 5) is 13.8. The number of rotatable bonds is 8. The number of halogens is 3. The molecule has 1 heterocycles. The van der Waals surface area contributed by atoms with Crippen molar-refractivity contribution in [3.8, 4) is 5.69 Å². The Bertz CT molecular complexity index is 1270. The number of amides is 1. The van der Waals surface area contributed by atoms with Crippen molar-refractivity contribution in [1.29, 1.82) is 0 Å². The highest BCUT2D eigenvalue weighted by molar-refractivity contribution is 7.99. The molecule has 0 unspecified atom stereocenters. The molecule has 1 aromatic heterocycles. The molecular weight excluding hydrogens is 531 g/mol. The summed E-state index contributed by atoms with van der Waals surface area (Å²) in [6.45, 7) is 2.06. The Hall–Kier alpha value is -2.16. The van der Waals surface area contributed by atoms with E-state index in [1.807, 2.05) is 34.9 Å². The maximum absolute atomic E-state index is 12.6. The Morgan fingerprint density at radius 1 is 0.941 bits per heavy atom. The average molecular weight is 550 g/mol. The Balaban J connectivity index is 1.50. The highest BCUT2D eigenvalue weighted by Crippen LogP contribution is 2.34. The van der Waals surface area contributed by atoms with E-state index in [-0.39, 0.29) is 21.7 Å². The van der Waals surface area contributed by atoms with Gasteiger partial charge in [-0.3, -0.25) is 9.36 Å². The van der Waals surface area contributed by atoms with E-state index in [1.165, 1.54) is 29.5 Å². The van der Waals surface area contributed by atoms with Crippen LogP contribution in [0.25, 0.3) is 5.69 Å². The second-order valence-corrected chi connectivity index (χ2v) is 10.5. The standard InChI is InChI=1S/C24H19Cl3N4OS2/c1-15-7-9-18(10-8-15)33-13-21-29-30-24(31(21)17-5-3-2-4-6-17)34-14-22(32)28-23-19(26)11-16(25)12-20(23)27/h2-12H,13-14H2,1H3,(H,28,32). The van der Waals surface area contributed by atoms with Crippen molar-refractivity contribution in [1.82, 2.24) is 14.8 Å². The molecule has 0 spiro atoms. The van der Waals surface area contributed by atoms with E-state index in [0.29, 0.717) is 21.6 Å². The molecule has 0 aliphatic rings. The lowest BCUT2D eigenvalue weighted by atomic mass is 10.2. The Morgan fingerprint density at radius 3 is 2.29 bits per heavy atom. The Labute approximate surface area is 221 Å². The number of carbonyl (C=O) groups excluding carboxylic acids is 1. The number of carbonyl (C=O) groups is 1. The molecule has 34 heavy (non-hydrogen) atoms. The topological polar surface area (TPSA) is 59.8 Å². The first-order valence-corrected chi connectivity index (χ1v) is 13.3. The fraction of sp³-hybridized carbons (Fsp3) is 0.125.